The van der Waals surface area contributed by atoms with Gasteiger partial charge in [-0.15, -0.1) is 0 Å². The zero-order valence-corrected chi connectivity index (χ0v) is 16.9. The molecule has 1 aliphatic rings. The first-order valence-electron chi connectivity index (χ1n) is 9.73. The Hall–Kier alpha value is -2.22. The van der Waals surface area contributed by atoms with Crippen molar-refractivity contribution in [2.45, 2.75) is 6.92 Å². The number of H-pyrrole nitrogens is 1. The Morgan fingerprint density at radius 1 is 1.32 bits per heavy atom. The fourth-order valence-electron chi connectivity index (χ4n) is 3.81. The highest BCUT2D eigenvalue weighted by atomic mass is 16.5. The number of amides is 1. The number of aromatic amines is 1. The minimum Gasteiger partial charge on any atom is -0.396 e. The molecule has 7 nitrogen and oxygen atoms in total. The van der Waals surface area contributed by atoms with E-state index in [1.165, 1.54) is 0 Å². The maximum Gasteiger partial charge on any atom is 0.274 e. The summed E-state index contributed by atoms with van der Waals surface area (Å²) in [6.45, 7) is 5.48. The van der Waals surface area contributed by atoms with E-state index in [0.717, 1.165) is 24.3 Å². The van der Waals surface area contributed by atoms with Crippen molar-refractivity contribution in [1.82, 2.24) is 19.8 Å². The van der Waals surface area contributed by atoms with Crippen LogP contribution in [0.4, 0.5) is 0 Å². The van der Waals surface area contributed by atoms with Crippen molar-refractivity contribution in [1.29, 1.82) is 0 Å². The zero-order chi connectivity index (χ0) is 20.1. The third-order valence-corrected chi connectivity index (χ3v) is 5.46. The lowest BCUT2D eigenvalue weighted by Crippen LogP contribution is -2.34. The number of imidazole rings is 1. The van der Waals surface area contributed by atoms with Gasteiger partial charge < -0.3 is 24.6 Å². The Kier molecular flexibility index (Phi) is 6.83. The normalized spacial score (nSPS) is 19.5. The number of benzene rings is 1. The molecule has 0 radical (unpaired) electrons. The maximum atomic E-state index is 13.1. The molecule has 0 saturated carbocycles. The van der Waals surface area contributed by atoms with Gasteiger partial charge in [0.05, 0.1) is 6.61 Å². The summed E-state index contributed by atoms with van der Waals surface area (Å²) in [6, 6.07) is 9.79. The number of aryl methyl sites for hydroxylation is 1. The van der Waals surface area contributed by atoms with Crippen LogP contribution >= 0.6 is 0 Å². The van der Waals surface area contributed by atoms with Crippen LogP contribution in [-0.4, -0.2) is 84.3 Å². The fourth-order valence-corrected chi connectivity index (χ4v) is 3.81. The van der Waals surface area contributed by atoms with Crippen LogP contribution in [0.15, 0.2) is 30.3 Å². The number of hydrogen-bond acceptors (Lipinski definition) is 5. The molecule has 28 heavy (non-hydrogen) atoms. The van der Waals surface area contributed by atoms with Gasteiger partial charge in [0, 0.05) is 57.1 Å². The van der Waals surface area contributed by atoms with Gasteiger partial charge in [-0.25, -0.2) is 4.98 Å². The van der Waals surface area contributed by atoms with Crippen LogP contribution in [0.25, 0.3) is 11.4 Å². The molecule has 3 rings (SSSR count). The number of ether oxygens (including phenoxy) is 1. The molecule has 152 valence electrons. The molecule has 1 fully saturated rings. The van der Waals surface area contributed by atoms with Gasteiger partial charge in [-0.2, -0.15) is 0 Å². The summed E-state index contributed by atoms with van der Waals surface area (Å²) in [7, 11) is 3.73. The van der Waals surface area contributed by atoms with E-state index in [1.54, 1.807) is 7.11 Å². The van der Waals surface area contributed by atoms with Crippen molar-refractivity contribution in [2.24, 2.45) is 11.8 Å². The van der Waals surface area contributed by atoms with E-state index in [2.05, 4.69) is 14.9 Å². The smallest absolute Gasteiger partial charge is 0.274 e. The van der Waals surface area contributed by atoms with Crippen molar-refractivity contribution in [3.8, 4) is 11.4 Å². The largest absolute Gasteiger partial charge is 0.396 e. The number of aromatic nitrogens is 2. The van der Waals surface area contributed by atoms with Gasteiger partial charge in [-0.3, -0.25) is 4.79 Å². The number of aliphatic hydroxyl groups is 1. The van der Waals surface area contributed by atoms with Crippen molar-refractivity contribution < 1.29 is 14.6 Å². The number of nitrogens with one attached hydrogen (secondary N) is 1. The number of likely N-dealkylation sites (N-methyl/N-ethyl adjacent to an activating group) is 1. The lowest BCUT2D eigenvalue weighted by Gasteiger charge is -2.23. The minimum atomic E-state index is -0.0728. The number of carbonyl (C=O) groups is 1. The number of methoxy groups -OCH3 is 1. The van der Waals surface area contributed by atoms with E-state index in [1.807, 2.05) is 49.2 Å². The molecule has 1 aliphatic heterocycles. The molecule has 0 spiro atoms. The van der Waals surface area contributed by atoms with Crippen LogP contribution in [0.1, 0.15) is 16.2 Å². The van der Waals surface area contributed by atoms with Crippen LogP contribution in [0, 0.1) is 18.8 Å². The van der Waals surface area contributed by atoms with Crippen LogP contribution in [0.3, 0.4) is 0 Å². The average Bonchev–Trinajstić information content (AvgIpc) is 3.30. The quantitative estimate of drug-likeness (QED) is 0.721. The van der Waals surface area contributed by atoms with Crippen LogP contribution in [0.2, 0.25) is 0 Å². The van der Waals surface area contributed by atoms with Crippen molar-refractivity contribution in [3.05, 3.63) is 41.7 Å². The third kappa shape index (κ3) is 4.60. The van der Waals surface area contributed by atoms with Gasteiger partial charge in [-0.1, -0.05) is 30.3 Å². The van der Waals surface area contributed by atoms with Crippen molar-refractivity contribution in [2.75, 3.05) is 53.6 Å². The lowest BCUT2D eigenvalue weighted by molar-refractivity contribution is 0.0772. The summed E-state index contributed by atoms with van der Waals surface area (Å²) in [5.74, 6) is 0.956. The second kappa shape index (κ2) is 9.32. The number of likely N-dealkylation sites (tertiary alicyclic amines) is 1. The molecule has 0 unspecified atom stereocenters. The van der Waals surface area contributed by atoms with E-state index in [4.69, 9.17) is 4.74 Å². The fraction of sp³-hybridized carbons (Fsp3) is 0.524. The second-order valence-electron chi connectivity index (χ2n) is 7.59. The minimum absolute atomic E-state index is 0.0728. The molecule has 0 bridgehead atoms. The highest BCUT2D eigenvalue weighted by Crippen LogP contribution is 2.26. The van der Waals surface area contributed by atoms with Gasteiger partial charge in [0.1, 0.15) is 11.5 Å². The SMILES string of the molecule is COCCN(C)C[C@@H]1CN(C(=O)c2nc(-c3ccccc3)[nH]c2C)C[C@@H]1CO. The highest BCUT2D eigenvalue weighted by Gasteiger charge is 2.36. The molecule has 1 saturated heterocycles. The monoisotopic (exact) mass is 386 g/mol. The Morgan fingerprint density at radius 2 is 2.04 bits per heavy atom. The number of nitrogens with zero attached hydrogens (tertiary/aromatic N) is 3. The number of carbonyl (C=O) groups excluding carboxylic acids is 1. The number of rotatable bonds is 8. The average molecular weight is 386 g/mol. The van der Waals surface area contributed by atoms with Gasteiger partial charge in [0.2, 0.25) is 0 Å². The second-order valence-corrected chi connectivity index (χ2v) is 7.59. The van der Waals surface area contributed by atoms with Crippen LogP contribution < -0.4 is 0 Å². The van der Waals surface area contributed by atoms with Crippen LogP contribution in [-0.2, 0) is 4.74 Å². The molecule has 2 atom stereocenters. The predicted molar refractivity (Wildman–Crippen MR) is 108 cm³/mol. The first kappa shape index (κ1) is 20.5. The van der Waals surface area contributed by atoms with E-state index < -0.39 is 0 Å². The van der Waals surface area contributed by atoms with Gasteiger partial charge >= 0.3 is 0 Å². The third-order valence-electron chi connectivity index (χ3n) is 5.46. The highest BCUT2D eigenvalue weighted by molar-refractivity contribution is 5.94. The molecule has 7 heteroatoms. The Balaban J connectivity index is 1.70. The van der Waals surface area contributed by atoms with Gasteiger partial charge in [0.15, 0.2) is 0 Å². The number of aliphatic hydroxyl groups excluding tert-OH is 1. The standard InChI is InChI=1S/C21H30N4O3/c1-15-19(23-20(22-15)16-7-5-4-6-8-16)21(27)25-12-17(18(13-25)14-26)11-24(2)9-10-28-3/h4-8,17-18,26H,9-14H2,1-3H3,(H,22,23)/t17-,18-/m1/s1. The zero-order valence-electron chi connectivity index (χ0n) is 16.9. The Bertz CT molecular complexity index is 777. The van der Waals surface area contributed by atoms with Gasteiger partial charge in [0.25, 0.3) is 5.91 Å². The summed E-state index contributed by atoms with van der Waals surface area (Å²) in [6.07, 6.45) is 0. The Morgan fingerprint density at radius 3 is 2.71 bits per heavy atom. The lowest BCUT2D eigenvalue weighted by atomic mass is 9.96. The molecule has 1 aromatic carbocycles. The maximum absolute atomic E-state index is 13.1. The van der Waals surface area contributed by atoms with E-state index in [9.17, 15) is 9.90 Å². The first-order valence-corrected chi connectivity index (χ1v) is 9.73. The number of hydrogen-bond donors (Lipinski definition) is 2. The molecule has 1 amide bonds. The molecule has 0 aliphatic carbocycles. The molecule has 2 N–H and O–H groups in total. The topological polar surface area (TPSA) is 81.7 Å². The summed E-state index contributed by atoms with van der Waals surface area (Å²) in [4.78, 5) is 24.9. The van der Waals surface area contributed by atoms with Crippen molar-refractivity contribution in [3.63, 3.8) is 0 Å². The summed E-state index contributed by atoms with van der Waals surface area (Å²) in [5, 5.41) is 9.80. The molecule has 2 aromatic rings. The predicted octanol–water partition coefficient (Wildman–Crippen LogP) is 1.64. The van der Waals surface area contributed by atoms with E-state index in [-0.39, 0.29) is 24.3 Å². The molecular formula is C21H30N4O3. The molecule has 2 heterocycles. The summed E-state index contributed by atoms with van der Waals surface area (Å²) in [5.41, 5.74) is 2.19. The Labute approximate surface area is 166 Å². The summed E-state index contributed by atoms with van der Waals surface area (Å²) >= 11 is 0. The molecule has 1 aromatic heterocycles. The molecular weight excluding hydrogens is 356 g/mol. The van der Waals surface area contributed by atoms with E-state index in [0.29, 0.717) is 31.2 Å². The first-order chi connectivity index (χ1) is 13.5. The van der Waals surface area contributed by atoms with Crippen molar-refractivity contribution >= 4 is 5.91 Å². The van der Waals surface area contributed by atoms with E-state index >= 15 is 0 Å². The van der Waals surface area contributed by atoms with Crippen LogP contribution in [0.5, 0.6) is 0 Å². The summed E-state index contributed by atoms with van der Waals surface area (Å²) < 4.78 is 5.13. The van der Waals surface area contributed by atoms with Gasteiger partial charge in [-0.05, 0) is 19.9 Å².